The van der Waals surface area contributed by atoms with Gasteiger partial charge in [-0.3, -0.25) is 9.59 Å². The van der Waals surface area contributed by atoms with Gasteiger partial charge in [0.2, 0.25) is 11.8 Å². The van der Waals surface area contributed by atoms with E-state index in [9.17, 15) is 9.59 Å². The summed E-state index contributed by atoms with van der Waals surface area (Å²) in [5.74, 6) is -0.291. The van der Waals surface area contributed by atoms with Crippen LogP contribution in [0.15, 0.2) is 54.7 Å². The van der Waals surface area contributed by atoms with Crippen molar-refractivity contribution in [3.05, 3.63) is 70.9 Å². The van der Waals surface area contributed by atoms with E-state index in [0.29, 0.717) is 10.7 Å². The average molecular weight is 341 g/mol. The van der Waals surface area contributed by atoms with Crippen molar-refractivity contribution in [1.82, 2.24) is 4.90 Å². The molecule has 1 aliphatic heterocycles. The van der Waals surface area contributed by atoms with Crippen molar-refractivity contribution in [2.24, 2.45) is 0 Å². The standard InChI is InChI=1S/C19H17ClN2O2/c1-13(23)22-11-10-14-6-2-3-7-15(14)18(22)12-19(24)21-17-9-5-4-8-16(17)20/h2-11,18H,12H2,1H3,(H,21,24). The van der Waals surface area contributed by atoms with Gasteiger partial charge in [0.25, 0.3) is 0 Å². The van der Waals surface area contributed by atoms with Crippen molar-refractivity contribution >= 4 is 35.2 Å². The maximum absolute atomic E-state index is 12.5. The van der Waals surface area contributed by atoms with E-state index in [1.807, 2.05) is 36.4 Å². The second kappa shape index (κ2) is 6.89. The highest BCUT2D eigenvalue weighted by atomic mass is 35.5. The smallest absolute Gasteiger partial charge is 0.226 e. The molecular formula is C19H17ClN2O2. The highest BCUT2D eigenvalue weighted by Gasteiger charge is 2.28. The quantitative estimate of drug-likeness (QED) is 0.908. The molecule has 0 aromatic heterocycles. The van der Waals surface area contributed by atoms with Gasteiger partial charge < -0.3 is 10.2 Å². The normalized spacial score (nSPS) is 15.8. The molecule has 0 radical (unpaired) electrons. The fourth-order valence-electron chi connectivity index (χ4n) is 2.85. The molecule has 1 aliphatic rings. The molecule has 2 aromatic rings. The summed E-state index contributed by atoms with van der Waals surface area (Å²) in [4.78, 5) is 26.0. The molecule has 1 atom stereocenters. The van der Waals surface area contributed by atoms with Gasteiger partial charge in [0.05, 0.1) is 23.2 Å². The van der Waals surface area contributed by atoms with Gasteiger partial charge in [-0.1, -0.05) is 48.0 Å². The number of amides is 2. The summed E-state index contributed by atoms with van der Waals surface area (Å²) in [5.41, 5.74) is 2.55. The molecule has 0 bridgehead atoms. The number of hydrogen-bond acceptors (Lipinski definition) is 2. The predicted octanol–water partition coefficient (Wildman–Crippen LogP) is 4.24. The molecule has 2 amide bonds. The summed E-state index contributed by atoms with van der Waals surface area (Å²) in [5, 5.41) is 3.30. The number of benzene rings is 2. The van der Waals surface area contributed by atoms with Gasteiger partial charge >= 0.3 is 0 Å². The number of nitrogens with zero attached hydrogens (tertiary/aromatic N) is 1. The fraction of sp³-hybridized carbons (Fsp3) is 0.158. The molecule has 1 unspecified atom stereocenters. The van der Waals surface area contributed by atoms with Crippen LogP contribution in [-0.4, -0.2) is 16.7 Å². The SMILES string of the molecule is CC(=O)N1C=Cc2ccccc2C1CC(=O)Nc1ccccc1Cl. The van der Waals surface area contributed by atoms with Gasteiger partial charge in [0.15, 0.2) is 0 Å². The van der Waals surface area contributed by atoms with Crippen molar-refractivity contribution in [3.8, 4) is 0 Å². The first-order chi connectivity index (χ1) is 11.6. The molecule has 2 aromatic carbocycles. The minimum atomic E-state index is -0.328. The fourth-order valence-corrected chi connectivity index (χ4v) is 3.04. The maximum atomic E-state index is 12.5. The molecule has 0 spiro atoms. The summed E-state index contributed by atoms with van der Waals surface area (Å²) >= 11 is 6.08. The Morgan fingerprint density at radius 3 is 2.58 bits per heavy atom. The van der Waals surface area contributed by atoms with Crippen molar-refractivity contribution < 1.29 is 9.59 Å². The van der Waals surface area contributed by atoms with Crippen LogP contribution in [0.1, 0.15) is 30.5 Å². The lowest BCUT2D eigenvalue weighted by atomic mass is 9.93. The number of halogens is 1. The van der Waals surface area contributed by atoms with Crippen LogP contribution in [0.5, 0.6) is 0 Å². The van der Waals surface area contributed by atoms with E-state index in [-0.39, 0.29) is 24.3 Å². The topological polar surface area (TPSA) is 49.4 Å². The van der Waals surface area contributed by atoms with Gasteiger partial charge in [-0.25, -0.2) is 0 Å². The van der Waals surface area contributed by atoms with Crippen LogP contribution >= 0.6 is 11.6 Å². The first kappa shape index (κ1) is 16.3. The summed E-state index contributed by atoms with van der Waals surface area (Å²) in [6.07, 6.45) is 3.78. The number of fused-ring (bicyclic) bond motifs is 1. The Bertz CT molecular complexity index is 817. The van der Waals surface area contributed by atoms with Crippen molar-refractivity contribution in [3.63, 3.8) is 0 Å². The molecule has 5 heteroatoms. The van der Waals surface area contributed by atoms with Crippen LogP contribution in [0.2, 0.25) is 5.02 Å². The maximum Gasteiger partial charge on any atom is 0.226 e. The van der Waals surface area contributed by atoms with E-state index in [1.165, 1.54) is 6.92 Å². The highest BCUT2D eigenvalue weighted by molar-refractivity contribution is 6.33. The zero-order chi connectivity index (χ0) is 17.1. The molecule has 0 fully saturated rings. The lowest BCUT2D eigenvalue weighted by Crippen LogP contribution is -2.33. The largest absolute Gasteiger partial charge is 0.325 e. The van der Waals surface area contributed by atoms with Crippen molar-refractivity contribution in [2.75, 3.05) is 5.32 Å². The third-order valence-electron chi connectivity index (χ3n) is 4.00. The van der Waals surface area contributed by atoms with E-state index < -0.39 is 0 Å². The summed E-state index contributed by atoms with van der Waals surface area (Å²) in [6.45, 7) is 1.50. The van der Waals surface area contributed by atoms with Gasteiger partial charge in [-0.2, -0.15) is 0 Å². The molecule has 24 heavy (non-hydrogen) atoms. The summed E-state index contributed by atoms with van der Waals surface area (Å²) < 4.78 is 0. The van der Waals surface area contributed by atoms with Crippen LogP contribution in [0.3, 0.4) is 0 Å². The van der Waals surface area contributed by atoms with Crippen LogP contribution in [0.25, 0.3) is 6.08 Å². The van der Waals surface area contributed by atoms with Gasteiger partial charge in [-0.15, -0.1) is 0 Å². The van der Waals surface area contributed by atoms with Crippen LogP contribution in [0.4, 0.5) is 5.69 Å². The lowest BCUT2D eigenvalue weighted by molar-refractivity contribution is -0.129. The van der Waals surface area contributed by atoms with Gasteiger partial charge in [0.1, 0.15) is 0 Å². The molecule has 1 heterocycles. The Kier molecular flexibility index (Phi) is 4.67. The third kappa shape index (κ3) is 3.34. The number of carbonyl (C=O) groups excluding carboxylic acids is 2. The third-order valence-corrected chi connectivity index (χ3v) is 4.33. The molecule has 1 N–H and O–H groups in total. The van der Waals surface area contributed by atoms with Crippen LogP contribution < -0.4 is 5.32 Å². The summed E-state index contributed by atoms with van der Waals surface area (Å²) in [7, 11) is 0. The predicted molar refractivity (Wildman–Crippen MR) is 95.4 cm³/mol. The van der Waals surface area contributed by atoms with Crippen molar-refractivity contribution in [1.29, 1.82) is 0 Å². The van der Waals surface area contributed by atoms with E-state index >= 15 is 0 Å². The minimum Gasteiger partial charge on any atom is -0.325 e. The second-order valence-corrected chi connectivity index (χ2v) is 6.03. The number of hydrogen-bond donors (Lipinski definition) is 1. The first-order valence-electron chi connectivity index (χ1n) is 7.66. The Hall–Kier alpha value is -2.59. The van der Waals surface area contributed by atoms with E-state index in [4.69, 9.17) is 11.6 Å². The number of para-hydroxylation sites is 1. The first-order valence-corrected chi connectivity index (χ1v) is 8.04. The van der Waals surface area contributed by atoms with Gasteiger partial charge in [0, 0.05) is 13.1 Å². The van der Waals surface area contributed by atoms with Crippen LogP contribution in [0, 0.1) is 0 Å². The molecule has 4 nitrogen and oxygen atoms in total. The van der Waals surface area contributed by atoms with E-state index in [1.54, 1.807) is 29.3 Å². The highest BCUT2D eigenvalue weighted by Crippen LogP contribution is 2.33. The molecule has 3 rings (SSSR count). The average Bonchev–Trinajstić information content (AvgIpc) is 2.57. The summed E-state index contributed by atoms with van der Waals surface area (Å²) in [6, 6.07) is 14.5. The molecule has 0 aliphatic carbocycles. The Balaban J connectivity index is 1.83. The number of rotatable bonds is 3. The Labute approximate surface area is 145 Å². The molecule has 0 saturated carbocycles. The second-order valence-electron chi connectivity index (χ2n) is 5.62. The number of carbonyl (C=O) groups is 2. The number of anilines is 1. The van der Waals surface area contributed by atoms with Crippen LogP contribution in [-0.2, 0) is 9.59 Å². The molecule has 0 saturated heterocycles. The zero-order valence-electron chi connectivity index (χ0n) is 13.2. The molecule has 122 valence electrons. The van der Waals surface area contributed by atoms with E-state index in [0.717, 1.165) is 11.1 Å². The van der Waals surface area contributed by atoms with Crippen molar-refractivity contribution in [2.45, 2.75) is 19.4 Å². The monoisotopic (exact) mass is 340 g/mol. The van der Waals surface area contributed by atoms with Gasteiger partial charge in [-0.05, 0) is 29.3 Å². The molecular weight excluding hydrogens is 324 g/mol. The Morgan fingerprint density at radius 1 is 1.12 bits per heavy atom. The van der Waals surface area contributed by atoms with E-state index in [2.05, 4.69) is 5.32 Å². The zero-order valence-corrected chi connectivity index (χ0v) is 14.0. The Morgan fingerprint density at radius 2 is 1.83 bits per heavy atom. The minimum absolute atomic E-state index is 0.101. The lowest BCUT2D eigenvalue weighted by Gasteiger charge is -2.32. The number of nitrogens with one attached hydrogen (secondary N) is 1.